The molecule has 1 aliphatic heterocycles. The molecule has 17 heavy (non-hydrogen) atoms. The molecule has 0 bridgehead atoms. The molecule has 0 aliphatic carbocycles. The van der Waals surface area contributed by atoms with E-state index in [-0.39, 0.29) is 16.6 Å². The Morgan fingerprint density at radius 3 is 2.24 bits per heavy atom. The van der Waals surface area contributed by atoms with Gasteiger partial charge in [-0.1, -0.05) is 20.8 Å². The van der Waals surface area contributed by atoms with Crippen LogP contribution >= 0.6 is 11.8 Å². The number of hydrogen-bond donors (Lipinski definition) is 1. The first-order valence-corrected chi connectivity index (χ1v) is 6.93. The van der Waals surface area contributed by atoms with Gasteiger partial charge in [-0.25, -0.2) is 0 Å². The van der Waals surface area contributed by atoms with Crippen molar-refractivity contribution >= 4 is 23.6 Å². The highest BCUT2D eigenvalue weighted by molar-refractivity contribution is 8.01. The van der Waals surface area contributed by atoms with Crippen LogP contribution in [0.25, 0.3) is 0 Å². The van der Waals surface area contributed by atoms with Crippen molar-refractivity contribution in [2.24, 2.45) is 5.92 Å². The van der Waals surface area contributed by atoms with Crippen molar-refractivity contribution in [2.45, 2.75) is 38.4 Å². The summed E-state index contributed by atoms with van der Waals surface area (Å²) in [4.78, 5) is 24.4. The lowest BCUT2D eigenvalue weighted by atomic mass is 9.97. The second kappa shape index (κ2) is 5.76. The molecule has 1 saturated heterocycles. The lowest BCUT2D eigenvalue weighted by molar-refractivity contribution is -0.145. The van der Waals surface area contributed by atoms with Crippen LogP contribution in [-0.4, -0.2) is 45.5 Å². The predicted octanol–water partition coefficient (Wildman–Crippen LogP) is 1.84. The van der Waals surface area contributed by atoms with E-state index in [2.05, 4.69) is 20.8 Å². The van der Waals surface area contributed by atoms with Crippen LogP contribution in [0.1, 0.15) is 33.6 Å². The number of hydrogen-bond acceptors (Lipinski definition) is 3. The lowest BCUT2D eigenvalue weighted by Crippen LogP contribution is -2.41. The summed E-state index contributed by atoms with van der Waals surface area (Å²) in [6.45, 7) is 7.42. The fourth-order valence-electron chi connectivity index (χ4n) is 1.75. The zero-order valence-electron chi connectivity index (χ0n) is 10.7. The van der Waals surface area contributed by atoms with Gasteiger partial charge in [0, 0.05) is 17.8 Å². The quantitative estimate of drug-likeness (QED) is 0.840. The number of piperidine rings is 1. The second-order valence-corrected chi connectivity index (χ2v) is 7.20. The molecule has 1 heterocycles. The first-order chi connectivity index (χ1) is 7.79. The Morgan fingerprint density at radius 1 is 1.29 bits per heavy atom. The number of carboxylic acids is 1. The molecule has 5 heteroatoms. The maximum atomic E-state index is 11.9. The summed E-state index contributed by atoms with van der Waals surface area (Å²) in [6, 6.07) is 0. The molecule has 1 rings (SSSR count). The van der Waals surface area contributed by atoms with Crippen LogP contribution in [0.15, 0.2) is 0 Å². The van der Waals surface area contributed by atoms with Gasteiger partial charge in [0.25, 0.3) is 0 Å². The van der Waals surface area contributed by atoms with E-state index < -0.39 is 5.97 Å². The van der Waals surface area contributed by atoms with Crippen molar-refractivity contribution in [1.82, 2.24) is 4.90 Å². The van der Waals surface area contributed by atoms with Gasteiger partial charge < -0.3 is 10.0 Å². The Morgan fingerprint density at radius 2 is 1.82 bits per heavy atom. The summed E-state index contributed by atoms with van der Waals surface area (Å²) in [5.74, 6) is -0.384. The minimum atomic E-state index is -0.735. The summed E-state index contributed by atoms with van der Waals surface area (Å²) in [6.07, 6.45) is 1.17. The van der Waals surface area contributed by atoms with Crippen LogP contribution < -0.4 is 0 Å². The summed E-state index contributed by atoms with van der Waals surface area (Å²) >= 11 is 1.63. The summed E-state index contributed by atoms with van der Waals surface area (Å²) in [7, 11) is 0. The van der Waals surface area contributed by atoms with Gasteiger partial charge in [0.15, 0.2) is 0 Å². The first kappa shape index (κ1) is 14.4. The van der Waals surface area contributed by atoms with Crippen LogP contribution in [0.3, 0.4) is 0 Å². The van der Waals surface area contributed by atoms with Crippen molar-refractivity contribution in [3.05, 3.63) is 0 Å². The third-order valence-electron chi connectivity index (χ3n) is 2.83. The molecular formula is C12H21NO3S. The molecule has 1 amide bonds. The minimum Gasteiger partial charge on any atom is -0.481 e. The van der Waals surface area contributed by atoms with E-state index >= 15 is 0 Å². The maximum absolute atomic E-state index is 11.9. The zero-order chi connectivity index (χ0) is 13.1. The maximum Gasteiger partial charge on any atom is 0.306 e. The molecule has 0 aromatic heterocycles. The van der Waals surface area contributed by atoms with Crippen molar-refractivity contribution in [3.8, 4) is 0 Å². The largest absolute Gasteiger partial charge is 0.481 e. The number of carbonyl (C=O) groups is 2. The number of amides is 1. The number of nitrogens with zero attached hydrogens (tertiary/aromatic N) is 1. The Hall–Kier alpha value is -0.710. The summed E-state index contributed by atoms with van der Waals surface area (Å²) < 4.78 is 0.0923. The van der Waals surface area contributed by atoms with Crippen LogP contribution in [-0.2, 0) is 9.59 Å². The number of aliphatic carboxylic acids is 1. The van der Waals surface area contributed by atoms with Gasteiger partial charge in [-0.3, -0.25) is 9.59 Å². The van der Waals surface area contributed by atoms with Gasteiger partial charge in [0.1, 0.15) is 0 Å². The molecule has 1 fully saturated rings. The molecule has 1 aliphatic rings. The van der Waals surface area contributed by atoms with E-state index in [1.54, 1.807) is 16.7 Å². The lowest BCUT2D eigenvalue weighted by Gasteiger charge is -2.30. The highest BCUT2D eigenvalue weighted by Gasteiger charge is 2.27. The average Bonchev–Trinajstić information content (AvgIpc) is 2.25. The zero-order valence-corrected chi connectivity index (χ0v) is 11.5. The SMILES string of the molecule is CC(C)(C)SCC(=O)N1CCC(C(=O)O)CC1. The third-order valence-corrected chi connectivity index (χ3v) is 4.08. The number of thioether (sulfide) groups is 1. The number of carboxylic acid groups (broad SMARTS) is 1. The Bertz CT molecular complexity index is 291. The minimum absolute atomic E-state index is 0.0923. The molecule has 98 valence electrons. The van der Waals surface area contributed by atoms with Crippen molar-refractivity contribution in [3.63, 3.8) is 0 Å². The molecular weight excluding hydrogens is 238 g/mol. The fraction of sp³-hybridized carbons (Fsp3) is 0.833. The third kappa shape index (κ3) is 4.98. The van der Waals surface area contributed by atoms with Crippen molar-refractivity contribution in [2.75, 3.05) is 18.8 Å². The van der Waals surface area contributed by atoms with Gasteiger partial charge >= 0.3 is 5.97 Å². The Balaban J connectivity index is 2.33. The molecule has 0 radical (unpaired) electrons. The Kier molecular flexibility index (Phi) is 4.86. The summed E-state index contributed by atoms with van der Waals surface area (Å²) in [5, 5.41) is 8.87. The van der Waals surface area contributed by atoms with Gasteiger partial charge in [-0.2, -0.15) is 0 Å². The summed E-state index contributed by atoms with van der Waals surface area (Å²) in [5.41, 5.74) is 0. The first-order valence-electron chi connectivity index (χ1n) is 5.94. The van der Waals surface area contributed by atoms with Gasteiger partial charge in [0.2, 0.25) is 5.91 Å². The van der Waals surface area contributed by atoms with Crippen molar-refractivity contribution in [1.29, 1.82) is 0 Å². The normalized spacial score (nSPS) is 18.2. The smallest absolute Gasteiger partial charge is 0.306 e. The van der Waals surface area contributed by atoms with E-state index in [9.17, 15) is 9.59 Å². The molecule has 0 saturated carbocycles. The molecule has 4 nitrogen and oxygen atoms in total. The van der Waals surface area contributed by atoms with E-state index in [4.69, 9.17) is 5.11 Å². The van der Waals surface area contributed by atoms with Crippen LogP contribution in [0.4, 0.5) is 0 Å². The van der Waals surface area contributed by atoms with Gasteiger partial charge in [0.05, 0.1) is 11.7 Å². The molecule has 0 atom stereocenters. The van der Waals surface area contributed by atoms with E-state index in [0.29, 0.717) is 31.7 Å². The predicted molar refractivity (Wildman–Crippen MR) is 69.2 cm³/mol. The number of rotatable bonds is 3. The van der Waals surface area contributed by atoms with E-state index in [1.165, 1.54) is 0 Å². The molecule has 0 aromatic carbocycles. The topological polar surface area (TPSA) is 57.6 Å². The van der Waals surface area contributed by atoms with Gasteiger partial charge in [-0.05, 0) is 12.8 Å². The standard InChI is InChI=1S/C12H21NO3S/c1-12(2,3)17-8-10(14)13-6-4-9(5-7-13)11(15)16/h9H,4-8H2,1-3H3,(H,15,16). The highest BCUT2D eigenvalue weighted by Crippen LogP contribution is 2.24. The number of likely N-dealkylation sites (tertiary alicyclic amines) is 1. The molecule has 0 aromatic rings. The van der Waals surface area contributed by atoms with Crippen LogP contribution in [0, 0.1) is 5.92 Å². The van der Waals surface area contributed by atoms with Gasteiger partial charge in [-0.15, -0.1) is 11.8 Å². The van der Waals surface area contributed by atoms with Crippen LogP contribution in [0.5, 0.6) is 0 Å². The van der Waals surface area contributed by atoms with E-state index in [1.807, 2.05) is 0 Å². The fourth-order valence-corrected chi connectivity index (χ4v) is 2.48. The number of carbonyl (C=O) groups excluding carboxylic acids is 1. The van der Waals surface area contributed by atoms with Crippen molar-refractivity contribution < 1.29 is 14.7 Å². The van der Waals surface area contributed by atoms with Crippen LogP contribution in [0.2, 0.25) is 0 Å². The second-order valence-electron chi connectivity index (χ2n) is 5.39. The Labute approximate surface area is 107 Å². The molecule has 1 N–H and O–H groups in total. The highest BCUT2D eigenvalue weighted by atomic mass is 32.2. The molecule has 0 unspecified atom stereocenters. The molecule has 0 spiro atoms. The monoisotopic (exact) mass is 259 g/mol. The average molecular weight is 259 g/mol. The van der Waals surface area contributed by atoms with E-state index in [0.717, 1.165) is 0 Å².